The molecule has 1 atom stereocenters. The highest BCUT2D eigenvalue weighted by atomic mass is 32.1. The SMILES string of the molecule is NC(C(=O)O)c1csc(NCCc2ccccn2)n1. The number of aromatic nitrogens is 2. The van der Waals surface area contributed by atoms with Gasteiger partial charge in [-0.25, -0.2) is 4.98 Å². The molecule has 19 heavy (non-hydrogen) atoms. The zero-order valence-corrected chi connectivity index (χ0v) is 10.9. The van der Waals surface area contributed by atoms with Crippen LogP contribution in [0.15, 0.2) is 29.8 Å². The molecule has 0 aliphatic carbocycles. The first-order valence-corrected chi connectivity index (χ1v) is 6.62. The molecule has 0 saturated heterocycles. The van der Waals surface area contributed by atoms with Gasteiger partial charge in [0, 0.05) is 30.2 Å². The zero-order valence-electron chi connectivity index (χ0n) is 10.1. The van der Waals surface area contributed by atoms with Crippen molar-refractivity contribution in [3.8, 4) is 0 Å². The quantitative estimate of drug-likeness (QED) is 0.735. The lowest BCUT2D eigenvalue weighted by Crippen LogP contribution is -2.21. The van der Waals surface area contributed by atoms with Gasteiger partial charge in [0.15, 0.2) is 5.13 Å². The molecular weight excluding hydrogens is 264 g/mol. The smallest absolute Gasteiger partial charge is 0.326 e. The average Bonchev–Trinajstić information content (AvgIpc) is 2.88. The third-order valence-corrected chi connectivity index (χ3v) is 3.31. The molecule has 0 amide bonds. The van der Waals surface area contributed by atoms with Gasteiger partial charge in [-0.15, -0.1) is 11.3 Å². The molecule has 0 radical (unpaired) electrons. The summed E-state index contributed by atoms with van der Waals surface area (Å²) in [5.74, 6) is -1.08. The third-order valence-electron chi connectivity index (χ3n) is 2.49. The first kappa shape index (κ1) is 13.4. The first-order valence-electron chi connectivity index (χ1n) is 5.74. The number of anilines is 1. The summed E-state index contributed by atoms with van der Waals surface area (Å²) < 4.78 is 0. The van der Waals surface area contributed by atoms with Crippen molar-refractivity contribution >= 4 is 22.4 Å². The van der Waals surface area contributed by atoms with Gasteiger partial charge in [0.25, 0.3) is 0 Å². The summed E-state index contributed by atoms with van der Waals surface area (Å²) in [5.41, 5.74) is 6.85. The highest BCUT2D eigenvalue weighted by Gasteiger charge is 2.17. The minimum absolute atomic E-state index is 0.373. The number of carboxylic acids is 1. The molecule has 2 aromatic rings. The van der Waals surface area contributed by atoms with Gasteiger partial charge < -0.3 is 16.2 Å². The lowest BCUT2D eigenvalue weighted by atomic mass is 10.2. The Morgan fingerprint density at radius 1 is 1.53 bits per heavy atom. The van der Waals surface area contributed by atoms with E-state index in [9.17, 15) is 4.79 Å². The van der Waals surface area contributed by atoms with Gasteiger partial charge >= 0.3 is 5.97 Å². The molecule has 0 fully saturated rings. The Kier molecular flexibility index (Phi) is 4.43. The summed E-state index contributed by atoms with van der Waals surface area (Å²) in [7, 11) is 0. The maximum atomic E-state index is 10.7. The number of pyridine rings is 1. The van der Waals surface area contributed by atoms with Crippen LogP contribution < -0.4 is 11.1 Å². The van der Waals surface area contributed by atoms with Crippen LogP contribution in [0.2, 0.25) is 0 Å². The first-order chi connectivity index (χ1) is 9.16. The number of nitrogens with two attached hydrogens (primary N) is 1. The number of carbonyl (C=O) groups is 1. The van der Waals surface area contributed by atoms with Crippen LogP contribution in [0, 0.1) is 0 Å². The van der Waals surface area contributed by atoms with Crippen molar-refractivity contribution in [2.24, 2.45) is 5.73 Å². The van der Waals surface area contributed by atoms with Crippen molar-refractivity contribution in [3.05, 3.63) is 41.2 Å². The molecule has 100 valence electrons. The van der Waals surface area contributed by atoms with Gasteiger partial charge in [-0.05, 0) is 12.1 Å². The van der Waals surface area contributed by atoms with Crippen LogP contribution in [0.3, 0.4) is 0 Å². The highest BCUT2D eigenvalue weighted by Crippen LogP contribution is 2.19. The molecule has 0 spiro atoms. The van der Waals surface area contributed by atoms with E-state index in [4.69, 9.17) is 10.8 Å². The number of rotatable bonds is 6. The summed E-state index contributed by atoms with van der Waals surface area (Å²) >= 11 is 1.34. The second-order valence-electron chi connectivity index (χ2n) is 3.89. The molecule has 6 nitrogen and oxygen atoms in total. The van der Waals surface area contributed by atoms with E-state index in [2.05, 4.69) is 15.3 Å². The van der Waals surface area contributed by atoms with E-state index < -0.39 is 12.0 Å². The Morgan fingerprint density at radius 3 is 3.05 bits per heavy atom. The Balaban J connectivity index is 1.85. The standard InChI is InChI=1S/C12H14N4O2S/c13-10(11(17)18)9-7-19-12(16-9)15-6-4-8-3-1-2-5-14-8/h1-3,5,7,10H,4,6,13H2,(H,15,16)(H,17,18). The Labute approximate surface area is 114 Å². The van der Waals surface area contributed by atoms with E-state index in [1.54, 1.807) is 11.6 Å². The van der Waals surface area contributed by atoms with Gasteiger partial charge in [-0.1, -0.05) is 6.07 Å². The van der Waals surface area contributed by atoms with Crippen LogP contribution in [0.4, 0.5) is 5.13 Å². The molecule has 0 aromatic carbocycles. The van der Waals surface area contributed by atoms with Crippen molar-refractivity contribution in [2.75, 3.05) is 11.9 Å². The molecular formula is C12H14N4O2S. The van der Waals surface area contributed by atoms with E-state index in [-0.39, 0.29) is 0 Å². The fourth-order valence-electron chi connectivity index (χ4n) is 1.48. The van der Waals surface area contributed by atoms with Crippen LogP contribution in [-0.4, -0.2) is 27.6 Å². The monoisotopic (exact) mass is 278 g/mol. The predicted molar refractivity (Wildman–Crippen MR) is 73.1 cm³/mol. The number of hydrogen-bond acceptors (Lipinski definition) is 6. The number of hydrogen-bond donors (Lipinski definition) is 3. The van der Waals surface area contributed by atoms with Crippen molar-refractivity contribution < 1.29 is 9.90 Å². The van der Waals surface area contributed by atoms with Gasteiger partial charge in [0.1, 0.15) is 6.04 Å². The number of nitrogens with zero attached hydrogens (tertiary/aromatic N) is 2. The van der Waals surface area contributed by atoms with Crippen LogP contribution in [0.25, 0.3) is 0 Å². The Bertz CT molecular complexity index is 544. The van der Waals surface area contributed by atoms with Crippen molar-refractivity contribution in [2.45, 2.75) is 12.5 Å². The third kappa shape index (κ3) is 3.73. The van der Waals surface area contributed by atoms with Gasteiger partial charge in [-0.2, -0.15) is 0 Å². The van der Waals surface area contributed by atoms with Crippen LogP contribution in [0.1, 0.15) is 17.4 Å². The Hall–Kier alpha value is -1.99. The summed E-state index contributed by atoms with van der Waals surface area (Å²) in [5, 5.41) is 14.2. The van der Waals surface area contributed by atoms with Crippen LogP contribution >= 0.6 is 11.3 Å². The fourth-order valence-corrected chi connectivity index (χ4v) is 2.26. The molecule has 0 saturated carbocycles. The molecule has 0 bridgehead atoms. The minimum Gasteiger partial charge on any atom is -0.480 e. The van der Waals surface area contributed by atoms with E-state index in [1.165, 1.54) is 11.3 Å². The predicted octanol–water partition coefficient (Wildman–Crippen LogP) is 1.28. The number of carboxylic acid groups (broad SMARTS) is 1. The van der Waals surface area contributed by atoms with Crippen molar-refractivity contribution in [3.63, 3.8) is 0 Å². The van der Waals surface area contributed by atoms with Gasteiger partial charge in [0.2, 0.25) is 0 Å². The van der Waals surface area contributed by atoms with E-state index in [1.807, 2.05) is 18.2 Å². The van der Waals surface area contributed by atoms with Crippen molar-refractivity contribution in [1.29, 1.82) is 0 Å². The summed E-state index contributed by atoms with van der Waals surface area (Å²) in [6.45, 7) is 0.687. The zero-order chi connectivity index (χ0) is 13.7. The summed E-state index contributed by atoms with van der Waals surface area (Å²) in [4.78, 5) is 19.1. The summed E-state index contributed by atoms with van der Waals surface area (Å²) in [6, 6.07) is 4.70. The second-order valence-corrected chi connectivity index (χ2v) is 4.75. The molecule has 0 aliphatic heterocycles. The largest absolute Gasteiger partial charge is 0.480 e. The summed E-state index contributed by atoms with van der Waals surface area (Å²) in [6.07, 6.45) is 2.53. The number of aliphatic carboxylic acids is 1. The molecule has 2 aromatic heterocycles. The van der Waals surface area contributed by atoms with Crippen LogP contribution in [0.5, 0.6) is 0 Å². The van der Waals surface area contributed by atoms with Crippen LogP contribution in [-0.2, 0) is 11.2 Å². The Morgan fingerprint density at radius 2 is 2.37 bits per heavy atom. The van der Waals surface area contributed by atoms with Gasteiger partial charge in [0.05, 0.1) is 5.69 Å². The molecule has 0 aliphatic rings. The van der Waals surface area contributed by atoms with Gasteiger partial charge in [-0.3, -0.25) is 9.78 Å². The van der Waals surface area contributed by atoms with E-state index in [0.29, 0.717) is 17.4 Å². The second kappa shape index (κ2) is 6.26. The maximum absolute atomic E-state index is 10.7. The lowest BCUT2D eigenvalue weighted by molar-refractivity contribution is -0.138. The lowest BCUT2D eigenvalue weighted by Gasteiger charge is -2.03. The normalized spacial score (nSPS) is 12.1. The number of nitrogens with one attached hydrogen (secondary N) is 1. The minimum atomic E-state index is -1.08. The molecule has 2 rings (SSSR count). The molecule has 1 unspecified atom stereocenters. The van der Waals surface area contributed by atoms with E-state index in [0.717, 1.165) is 12.1 Å². The molecule has 4 N–H and O–H groups in total. The van der Waals surface area contributed by atoms with E-state index >= 15 is 0 Å². The van der Waals surface area contributed by atoms with Crippen molar-refractivity contribution in [1.82, 2.24) is 9.97 Å². The molecule has 7 heteroatoms. The highest BCUT2D eigenvalue weighted by molar-refractivity contribution is 7.13. The maximum Gasteiger partial charge on any atom is 0.326 e. The molecule has 2 heterocycles. The average molecular weight is 278 g/mol. The fraction of sp³-hybridized carbons (Fsp3) is 0.250. The number of thiazole rings is 1. The topological polar surface area (TPSA) is 101 Å².